The highest BCUT2D eigenvalue weighted by molar-refractivity contribution is 5.91. The number of hydrogen-bond acceptors (Lipinski definition) is 4. The molecule has 4 heteroatoms. The lowest BCUT2D eigenvalue weighted by atomic mass is 9.52. The van der Waals surface area contributed by atoms with Crippen molar-refractivity contribution in [2.24, 2.45) is 17.3 Å². The van der Waals surface area contributed by atoms with E-state index >= 15 is 0 Å². The van der Waals surface area contributed by atoms with Crippen LogP contribution in [-0.2, 0) is 14.3 Å². The van der Waals surface area contributed by atoms with Crippen LogP contribution in [0.15, 0.2) is 12.2 Å². The third-order valence-corrected chi connectivity index (χ3v) is 6.18. The van der Waals surface area contributed by atoms with Gasteiger partial charge in [-0.25, -0.2) is 4.79 Å². The number of hydrogen-bond donors (Lipinski definition) is 1. The molecule has 19 heavy (non-hydrogen) atoms. The van der Waals surface area contributed by atoms with Gasteiger partial charge in [-0.1, -0.05) is 13.5 Å². The fourth-order valence-corrected chi connectivity index (χ4v) is 4.92. The third-order valence-electron chi connectivity index (χ3n) is 6.18. The van der Waals surface area contributed by atoms with Crippen molar-refractivity contribution in [3.63, 3.8) is 0 Å². The largest absolute Gasteiger partial charge is 0.458 e. The van der Waals surface area contributed by atoms with Crippen LogP contribution in [0.4, 0.5) is 0 Å². The van der Waals surface area contributed by atoms with Crippen molar-refractivity contribution >= 4 is 5.97 Å². The smallest absolute Gasteiger partial charge is 0.334 e. The van der Waals surface area contributed by atoms with E-state index in [0.29, 0.717) is 12.0 Å². The summed E-state index contributed by atoms with van der Waals surface area (Å²) in [5.74, 6) is -0.0756. The molecule has 2 aliphatic heterocycles. The van der Waals surface area contributed by atoms with Crippen molar-refractivity contribution < 1.29 is 19.4 Å². The maximum absolute atomic E-state index is 11.8. The second-order valence-corrected chi connectivity index (χ2v) is 7.07. The first-order chi connectivity index (χ1) is 8.88. The molecule has 0 unspecified atom stereocenters. The molecule has 4 fully saturated rings. The topological polar surface area (TPSA) is 59.1 Å². The minimum atomic E-state index is -0.369. The van der Waals surface area contributed by atoms with Crippen LogP contribution in [0.3, 0.4) is 0 Å². The highest BCUT2D eigenvalue weighted by Crippen LogP contribution is 2.65. The van der Waals surface area contributed by atoms with Gasteiger partial charge in [0.15, 0.2) is 0 Å². The third kappa shape index (κ3) is 1.24. The monoisotopic (exact) mass is 264 g/mol. The van der Waals surface area contributed by atoms with E-state index in [1.54, 1.807) is 0 Å². The number of ether oxygens (including phenoxy) is 2. The quantitative estimate of drug-likeness (QED) is 0.408. The van der Waals surface area contributed by atoms with Crippen molar-refractivity contribution in [1.82, 2.24) is 0 Å². The van der Waals surface area contributed by atoms with Crippen LogP contribution in [-0.4, -0.2) is 35.0 Å². The summed E-state index contributed by atoms with van der Waals surface area (Å²) in [6, 6.07) is 0. The normalized spacial score (nSPS) is 59.0. The summed E-state index contributed by atoms with van der Waals surface area (Å²) in [7, 11) is 0. The summed E-state index contributed by atoms with van der Waals surface area (Å²) in [5.41, 5.74) is 0.156. The number of aliphatic hydroxyl groups excluding tert-OH is 1. The maximum Gasteiger partial charge on any atom is 0.334 e. The van der Waals surface area contributed by atoms with Gasteiger partial charge in [-0.3, -0.25) is 0 Å². The average molecular weight is 264 g/mol. The van der Waals surface area contributed by atoms with E-state index in [9.17, 15) is 9.90 Å². The Bertz CT molecular complexity index is 487. The number of aliphatic hydroxyl groups is 1. The number of epoxide rings is 1. The van der Waals surface area contributed by atoms with Crippen LogP contribution in [0.1, 0.15) is 33.1 Å². The summed E-state index contributed by atoms with van der Waals surface area (Å²) in [4.78, 5) is 11.8. The lowest BCUT2D eigenvalue weighted by Crippen LogP contribution is -2.59. The highest BCUT2D eigenvalue weighted by atomic mass is 16.6. The van der Waals surface area contributed by atoms with Gasteiger partial charge in [-0.2, -0.15) is 0 Å². The van der Waals surface area contributed by atoms with Gasteiger partial charge in [0, 0.05) is 29.2 Å². The Morgan fingerprint density at radius 1 is 1.42 bits per heavy atom. The van der Waals surface area contributed by atoms with Gasteiger partial charge in [0.1, 0.15) is 6.10 Å². The molecule has 0 aromatic heterocycles. The first-order valence-electron chi connectivity index (χ1n) is 7.13. The van der Waals surface area contributed by atoms with E-state index in [4.69, 9.17) is 9.47 Å². The SMILES string of the molecule is C=C1C(=O)O[C@@H]2[C@@H]3[C@@](C)(CC[C@@H]12)[C@H](O)C[C@H]1O[C@@]31C. The summed E-state index contributed by atoms with van der Waals surface area (Å²) < 4.78 is 11.5. The first-order valence-corrected chi connectivity index (χ1v) is 7.13. The van der Waals surface area contributed by atoms with Gasteiger partial charge >= 0.3 is 5.97 Å². The Morgan fingerprint density at radius 3 is 2.89 bits per heavy atom. The molecule has 2 heterocycles. The average Bonchev–Trinajstić information content (AvgIpc) is 2.90. The minimum absolute atomic E-state index is 0.0794. The van der Waals surface area contributed by atoms with E-state index in [2.05, 4.69) is 20.4 Å². The summed E-state index contributed by atoms with van der Waals surface area (Å²) in [6.45, 7) is 8.11. The molecular weight excluding hydrogens is 244 g/mol. The molecule has 7 atom stereocenters. The number of carbonyl (C=O) groups excluding carboxylic acids is 1. The molecule has 2 saturated heterocycles. The Balaban J connectivity index is 1.78. The van der Waals surface area contributed by atoms with Crippen LogP contribution in [0.25, 0.3) is 0 Å². The first kappa shape index (κ1) is 11.9. The van der Waals surface area contributed by atoms with Crippen molar-refractivity contribution in [2.45, 2.75) is 57.0 Å². The van der Waals surface area contributed by atoms with Crippen molar-refractivity contribution in [2.75, 3.05) is 0 Å². The number of esters is 1. The summed E-state index contributed by atoms with van der Waals surface area (Å²) >= 11 is 0. The van der Waals surface area contributed by atoms with Gasteiger partial charge in [0.25, 0.3) is 0 Å². The molecule has 0 amide bonds. The van der Waals surface area contributed by atoms with Crippen molar-refractivity contribution in [3.8, 4) is 0 Å². The molecule has 0 radical (unpaired) electrons. The molecule has 1 N–H and O–H groups in total. The Kier molecular flexibility index (Phi) is 2.03. The van der Waals surface area contributed by atoms with Crippen LogP contribution in [0.5, 0.6) is 0 Å². The van der Waals surface area contributed by atoms with Crippen LogP contribution >= 0.6 is 0 Å². The number of rotatable bonds is 0. The van der Waals surface area contributed by atoms with Gasteiger partial charge in [0.2, 0.25) is 0 Å². The standard InChI is InChI=1S/C15H20O4/c1-7-8-4-5-14(2)9(16)6-10-15(3,19-10)12(14)11(8)18-13(7)17/h8-12,16H,1,4-6H2,2-3H3/t8-,9+,10+,11-,12+,14-,15+/m0/s1. The fraction of sp³-hybridized carbons (Fsp3) is 0.800. The van der Waals surface area contributed by atoms with Gasteiger partial charge in [-0.15, -0.1) is 0 Å². The predicted octanol–water partition coefficient (Wildman–Crippen LogP) is 1.42. The zero-order chi connectivity index (χ0) is 13.6. The summed E-state index contributed by atoms with van der Waals surface area (Å²) in [5, 5.41) is 10.5. The molecule has 0 spiro atoms. The van der Waals surface area contributed by atoms with Gasteiger partial charge in [0.05, 0.1) is 17.8 Å². The molecule has 0 aromatic rings. The minimum Gasteiger partial charge on any atom is -0.458 e. The second-order valence-electron chi connectivity index (χ2n) is 7.07. The van der Waals surface area contributed by atoms with E-state index in [1.807, 2.05) is 0 Å². The van der Waals surface area contributed by atoms with Crippen LogP contribution in [0.2, 0.25) is 0 Å². The molecule has 4 aliphatic rings. The molecular formula is C15H20O4. The lowest BCUT2D eigenvalue weighted by Gasteiger charge is -2.52. The fourth-order valence-electron chi connectivity index (χ4n) is 4.92. The van der Waals surface area contributed by atoms with Crippen LogP contribution < -0.4 is 0 Å². The zero-order valence-corrected chi connectivity index (χ0v) is 11.4. The molecule has 104 valence electrons. The molecule has 2 aliphatic carbocycles. The van der Waals surface area contributed by atoms with E-state index < -0.39 is 0 Å². The lowest BCUT2D eigenvalue weighted by molar-refractivity contribution is -0.161. The Labute approximate surface area is 112 Å². The van der Waals surface area contributed by atoms with Gasteiger partial charge < -0.3 is 14.6 Å². The van der Waals surface area contributed by atoms with Crippen molar-refractivity contribution in [3.05, 3.63) is 12.2 Å². The number of carbonyl (C=O) groups is 1. The zero-order valence-electron chi connectivity index (χ0n) is 11.4. The van der Waals surface area contributed by atoms with E-state index in [0.717, 1.165) is 12.8 Å². The predicted molar refractivity (Wildman–Crippen MR) is 67.2 cm³/mol. The molecule has 0 aromatic carbocycles. The van der Waals surface area contributed by atoms with Crippen LogP contribution in [0, 0.1) is 17.3 Å². The number of fused-ring (bicyclic) bond motifs is 5. The highest BCUT2D eigenvalue weighted by Gasteiger charge is 2.73. The molecule has 4 rings (SSSR count). The van der Waals surface area contributed by atoms with E-state index in [1.165, 1.54) is 0 Å². The Hall–Kier alpha value is -0.870. The second kappa shape index (κ2) is 3.23. The van der Waals surface area contributed by atoms with Crippen molar-refractivity contribution in [1.29, 1.82) is 0 Å². The molecule has 4 nitrogen and oxygen atoms in total. The molecule has 0 bridgehead atoms. The maximum atomic E-state index is 11.8. The van der Waals surface area contributed by atoms with E-state index in [-0.39, 0.29) is 47.1 Å². The van der Waals surface area contributed by atoms with Gasteiger partial charge in [-0.05, 0) is 19.8 Å². The Morgan fingerprint density at radius 2 is 2.16 bits per heavy atom. The molecule has 2 saturated carbocycles. The summed E-state index contributed by atoms with van der Waals surface area (Å²) in [6.07, 6.45) is 2.07.